The number of hydrogen-bond acceptors (Lipinski definition) is 5. The van der Waals surface area contributed by atoms with E-state index in [1.54, 1.807) is 5.43 Å². The minimum Gasteiger partial charge on any atom is -0.489 e. The van der Waals surface area contributed by atoms with Crippen molar-refractivity contribution in [1.82, 2.24) is 5.43 Å². The molecule has 3 aromatic rings. The summed E-state index contributed by atoms with van der Waals surface area (Å²) in [6.07, 6.45) is 0.403. The molecule has 0 aromatic heterocycles. The lowest BCUT2D eigenvalue weighted by Gasteiger charge is -2.15. The van der Waals surface area contributed by atoms with Crippen LogP contribution >= 0.6 is 0 Å². The van der Waals surface area contributed by atoms with E-state index in [1.807, 2.05) is 68.6 Å². The van der Waals surface area contributed by atoms with Gasteiger partial charge in [0.05, 0.1) is 0 Å². The summed E-state index contributed by atoms with van der Waals surface area (Å²) in [5.41, 5.74) is 6.29. The summed E-state index contributed by atoms with van der Waals surface area (Å²) < 4.78 is 11.9. The van der Waals surface area contributed by atoms with Crippen molar-refractivity contribution in [3.8, 4) is 17.2 Å². The Balaban J connectivity index is 0.000000687. The van der Waals surface area contributed by atoms with E-state index in [0.29, 0.717) is 13.0 Å². The van der Waals surface area contributed by atoms with Gasteiger partial charge in [0.2, 0.25) is 6.41 Å². The Bertz CT molecular complexity index is 914. The van der Waals surface area contributed by atoms with Gasteiger partial charge in [-0.1, -0.05) is 30.3 Å². The van der Waals surface area contributed by atoms with E-state index >= 15 is 0 Å². The zero-order chi connectivity index (χ0) is 21.1. The number of nitrogens with one attached hydrogen (secondary N) is 2. The molecule has 3 rings (SSSR count). The number of para-hydroxylation sites is 1. The number of carbonyl (C=O) groups is 1. The molecule has 0 saturated carbocycles. The number of rotatable bonds is 7. The summed E-state index contributed by atoms with van der Waals surface area (Å²) in [7, 11) is 1.93. The molecule has 0 atom stereocenters. The van der Waals surface area contributed by atoms with E-state index in [9.17, 15) is 0 Å². The first kappa shape index (κ1) is 21.8. The molecular formula is C23H27N3O3. The smallest absolute Gasteiger partial charge is 0.221 e. The summed E-state index contributed by atoms with van der Waals surface area (Å²) in [5.74, 6) is 6.91. The highest BCUT2D eigenvalue weighted by atomic mass is 16.5. The molecule has 0 saturated heterocycles. The van der Waals surface area contributed by atoms with E-state index in [0.717, 1.165) is 28.5 Å². The Labute approximate surface area is 171 Å². The number of aryl methyl sites for hydroxylation is 2. The second-order valence-electron chi connectivity index (χ2n) is 6.27. The predicted molar refractivity (Wildman–Crippen MR) is 116 cm³/mol. The van der Waals surface area contributed by atoms with Gasteiger partial charge in [0.1, 0.15) is 23.9 Å². The molecule has 6 nitrogen and oxygen atoms in total. The van der Waals surface area contributed by atoms with Crippen LogP contribution in [0.4, 0.5) is 5.69 Å². The van der Waals surface area contributed by atoms with E-state index in [-0.39, 0.29) is 0 Å². The maximum Gasteiger partial charge on any atom is 0.221 e. The standard InChI is InChI=1S/C22H23NO2.CH4N2O/c1-16-8-7-11-21(23-3)20(16)15-24-22-13-12-19(14-17(22)2)25-18-9-5-4-6-10-18;2-3-1-4/h4-14,23H,15H2,1-3H3;1H,2H2,(H,3,4). The fraction of sp³-hybridized carbons (Fsp3) is 0.174. The minimum absolute atomic E-state index is 0.403. The molecule has 1 amide bonds. The van der Waals surface area contributed by atoms with Crippen molar-refractivity contribution in [3.05, 3.63) is 83.4 Å². The zero-order valence-electron chi connectivity index (χ0n) is 16.9. The molecule has 6 heteroatoms. The van der Waals surface area contributed by atoms with Crippen LogP contribution in [0.25, 0.3) is 0 Å². The van der Waals surface area contributed by atoms with Gasteiger partial charge in [0, 0.05) is 18.3 Å². The molecule has 0 heterocycles. The minimum atomic E-state index is 0.403. The lowest BCUT2D eigenvalue weighted by atomic mass is 10.1. The third-order valence-electron chi connectivity index (χ3n) is 4.24. The fourth-order valence-corrected chi connectivity index (χ4v) is 2.75. The molecule has 0 aliphatic carbocycles. The molecular weight excluding hydrogens is 366 g/mol. The van der Waals surface area contributed by atoms with Gasteiger partial charge in [-0.05, 0) is 61.4 Å². The maximum absolute atomic E-state index is 8.94. The van der Waals surface area contributed by atoms with E-state index in [4.69, 9.17) is 14.3 Å². The summed E-state index contributed by atoms with van der Waals surface area (Å²) >= 11 is 0. The largest absolute Gasteiger partial charge is 0.489 e. The number of ether oxygens (including phenoxy) is 2. The van der Waals surface area contributed by atoms with Crippen molar-refractivity contribution in [2.24, 2.45) is 5.84 Å². The van der Waals surface area contributed by atoms with Crippen LogP contribution in [0.15, 0.2) is 66.7 Å². The third-order valence-corrected chi connectivity index (χ3v) is 4.24. The number of hydrogen-bond donors (Lipinski definition) is 3. The summed E-state index contributed by atoms with van der Waals surface area (Å²) in [5, 5.41) is 3.22. The number of amides is 1. The first-order valence-corrected chi connectivity index (χ1v) is 9.21. The summed E-state index contributed by atoms with van der Waals surface area (Å²) in [4.78, 5) is 8.94. The van der Waals surface area contributed by atoms with Crippen LogP contribution < -0.4 is 26.1 Å². The topological polar surface area (TPSA) is 85.6 Å². The average molecular weight is 393 g/mol. The quantitative estimate of drug-likeness (QED) is 0.241. The number of benzene rings is 3. The average Bonchev–Trinajstić information content (AvgIpc) is 2.74. The van der Waals surface area contributed by atoms with Gasteiger partial charge in [-0.25, -0.2) is 5.84 Å². The fourth-order valence-electron chi connectivity index (χ4n) is 2.75. The summed E-state index contributed by atoms with van der Waals surface area (Å²) in [6, 6.07) is 21.9. The van der Waals surface area contributed by atoms with E-state index in [2.05, 4.69) is 30.2 Å². The SMILES string of the molecule is CNc1cccc(C)c1COc1ccc(Oc2ccccc2)cc1C.NNC=O. The highest BCUT2D eigenvalue weighted by Crippen LogP contribution is 2.29. The van der Waals surface area contributed by atoms with Crippen molar-refractivity contribution in [3.63, 3.8) is 0 Å². The molecule has 152 valence electrons. The van der Waals surface area contributed by atoms with Gasteiger partial charge in [-0.3, -0.25) is 10.2 Å². The van der Waals surface area contributed by atoms with Crippen LogP contribution in [0.1, 0.15) is 16.7 Å². The van der Waals surface area contributed by atoms with Crippen molar-refractivity contribution >= 4 is 12.1 Å². The number of carbonyl (C=O) groups excluding carboxylic acids is 1. The van der Waals surface area contributed by atoms with Crippen LogP contribution in [0.2, 0.25) is 0 Å². The molecule has 3 aromatic carbocycles. The lowest BCUT2D eigenvalue weighted by molar-refractivity contribution is -0.109. The van der Waals surface area contributed by atoms with Crippen molar-refractivity contribution in [2.45, 2.75) is 20.5 Å². The van der Waals surface area contributed by atoms with Crippen LogP contribution in [-0.4, -0.2) is 13.5 Å². The Hall–Kier alpha value is -3.51. The zero-order valence-corrected chi connectivity index (χ0v) is 16.9. The van der Waals surface area contributed by atoms with Gasteiger partial charge in [0.25, 0.3) is 0 Å². The Morgan fingerprint density at radius 3 is 2.28 bits per heavy atom. The molecule has 0 radical (unpaired) electrons. The first-order valence-electron chi connectivity index (χ1n) is 9.21. The van der Waals surface area contributed by atoms with Crippen LogP contribution in [0, 0.1) is 13.8 Å². The molecule has 0 bridgehead atoms. The second-order valence-corrected chi connectivity index (χ2v) is 6.27. The predicted octanol–water partition coefficient (Wildman–Crippen LogP) is 4.32. The number of nitrogens with two attached hydrogens (primary N) is 1. The summed E-state index contributed by atoms with van der Waals surface area (Å²) in [6.45, 7) is 4.66. The molecule has 0 spiro atoms. The molecule has 4 N–H and O–H groups in total. The maximum atomic E-state index is 8.94. The molecule has 0 aliphatic heterocycles. The Kier molecular flexibility index (Phi) is 8.53. The highest BCUT2D eigenvalue weighted by Gasteiger charge is 2.08. The number of hydrazine groups is 1. The van der Waals surface area contributed by atoms with Crippen molar-refractivity contribution in [2.75, 3.05) is 12.4 Å². The Morgan fingerprint density at radius 2 is 1.66 bits per heavy atom. The normalized spacial score (nSPS) is 9.66. The molecule has 29 heavy (non-hydrogen) atoms. The van der Waals surface area contributed by atoms with Gasteiger partial charge in [0.15, 0.2) is 0 Å². The van der Waals surface area contributed by atoms with Crippen molar-refractivity contribution < 1.29 is 14.3 Å². The van der Waals surface area contributed by atoms with Crippen LogP contribution in [0.5, 0.6) is 17.2 Å². The van der Waals surface area contributed by atoms with E-state index < -0.39 is 0 Å². The molecule has 0 unspecified atom stereocenters. The van der Waals surface area contributed by atoms with Gasteiger partial charge >= 0.3 is 0 Å². The van der Waals surface area contributed by atoms with Gasteiger partial charge < -0.3 is 14.8 Å². The van der Waals surface area contributed by atoms with Crippen LogP contribution in [0.3, 0.4) is 0 Å². The van der Waals surface area contributed by atoms with E-state index in [1.165, 1.54) is 11.1 Å². The molecule has 0 aliphatic rings. The first-order chi connectivity index (χ1) is 14.1. The van der Waals surface area contributed by atoms with Gasteiger partial charge in [-0.15, -0.1) is 0 Å². The van der Waals surface area contributed by atoms with Gasteiger partial charge in [-0.2, -0.15) is 0 Å². The highest BCUT2D eigenvalue weighted by molar-refractivity contribution is 5.54. The van der Waals surface area contributed by atoms with Crippen LogP contribution in [-0.2, 0) is 11.4 Å². The third kappa shape index (κ3) is 6.55. The number of anilines is 1. The Morgan fingerprint density at radius 1 is 0.931 bits per heavy atom. The van der Waals surface area contributed by atoms with Crippen molar-refractivity contribution in [1.29, 1.82) is 0 Å². The molecule has 0 fully saturated rings. The second kappa shape index (κ2) is 11.4. The lowest BCUT2D eigenvalue weighted by Crippen LogP contribution is -2.18. The monoisotopic (exact) mass is 393 g/mol.